The fourth-order valence-corrected chi connectivity index (χ4v) is 4.13. The van der Waals surface area contributed by atoms with E-state index in [0.29, 0.717) is 18.0 Å². The standard InChI is InChI=1S/C22H24ClN3O/c1-3-4-12-25-20-10-6-5-9-18(20)24-22(25)16-13-21(27)26(14-16)19-11-7-8-17(23)15(19)2/h5-11,16H,3-4,12-14H2,1-2H3/t16-/m1/s1. The van der Waals surface area contributed by atoms with Crippen molar-refractivity contribution in [1.82, 2.24) is 9.55 Å². The van der Waals surface area contributed by atoms with Crippen molar-refractivity contribution in [3.05, 3.63) is 58.9 Å². The van der Waals surface area contributed by atoms with E-state index in [0.717, 1.165) is 47.5 Å². The average Bonchev–Trinajstić information content (AvgIpc) is 3.23. The molecule has 0 radical (unpaired) electrons. The summed E-state index contributed by atoms with van der Waals surface area (Å²) in [7, 11) is 0. The Labute approximate surface area is 164 Å². The minimum Gasteiger partial charge on any atom is -0.328 e. The van der Waals surface area contributed by atoms with Crippen LogP contribution in [-0.2, 0) is 11.3 Å². The van der Waals surface area contributed by atoms with Crippen LogP contribution in [0.15, 0.2) is 42.5 Å². The normalized spacial score (nSPS) is 17.2. The number of nitrogens with zero attached hydrogens (tertiary/aromatic N) is 3. The molecule has 4 rings (SSSR count). The number of hydrogen-bond donors (Lipinski definition) is 0. The van der Waals surface area contributed by atoms with Crippen LogP contribution in [0.1, 0.15) is 43.5 Å². The van der Waals surface area contributed by atoms with Gasteiger partial charge >= 0.3 is 0 Å². The molecule has 3 aromatic rings. The Balaban J connectivity index is 1.70. The maximum absolute atomic E-state index is 12.8. The Hall–Kier alpha value is -2.33. The van der Waals surface area contributed by atoms with Gasteiger partial charge in [-0.05, 0) is 43.2 Å². The third-order valence-electron chi connectivity index (χ3n) is 5.44. The molecule has 1 aromatic heterocycles. The number of halogens is 1. The lowest BCUT2D eigenvalue weighted by Gasteiger charge is -2.20. The molecule has 140 valence electrons. The number of carbonyl (C=O) groups is 1. The van der Waals surface area contributed by atoms with Gasteiger partial charge in [-0.25, -0.2) is 4.98 Å². The molecule has 1 atom stereocenters. The van der Waals surface area contributed by atoms with Crippen molar-refractivity contribution in [2.45, 2.75) is 45.6 Å². The third-order valence-corrected chi connectivity index (χ3v) is 5.85. The van der Waals surface area contributed by atoms with Crippen molar-refractivity contribution in [2.24, 2.45) is 0 Å². The molecule has 1 aliphatic rings. The smallest absolute Gasteiger partial charge is 0.227 e. The van der Waals surface area contributed by atoms with Gasteiger partial charge in [0.05, 0.1) is 11.0 Å². The Kier molecular flexibility index (Phi) is 4.92. The lowest BCUT2D eigenvalue weighted by molar-refractivity contribution is -0.117. The summed E-state index contributed by atoms with van der Waals surface area (Å²) in [4.78, 5) is 19.6. The fraction of sp³-hybridized carbons (Fsp3) is 0.364. The predicted octanol–water partition coefficient (Wildman–Crippen LogP) is 5.32. The topological polar surface area (TPSA) is 38.1 Å². The molecule has 0 bridgehead atoms. The molecule has 0 unspecified atom stereocenters. The number of aryl methyl sites for hydroxylation is 1. The number of rotatable bonds is 5. The summed E-state index contributed by atoms with van der Waals surface area (Å²) in [5.74, 6) is 1.26. The number of aromatic nitrogens is 2. The van der Waals surface area contributed by atoms with Crippen LogP contribution < -0.4 is 4.90 Å². The zero-order chi connectivity index (χ0) is 19.0. The van der Waals surface area contributed by atoms with E-state index in [4.69, 9.17) is 16.6 Å². The summed E-state index contributed by atoms with van der Waals surface area (Å²) in [5.41, 5.74) is 4.03. The molecule has 4 nitrogen and oxygen atoms in total. The second kappa shape index (κ2) is 7.35. The summed E-state index contributed by atoms with van der Waals surface area (Å²) >= 11 is 6.27. The third kappa shape index (κ3) is 3.23. The number of benzene rings is 2. The summed E-state index contributed by atoms with van der Waals surface area (Å²) < 4.78 is 2.31. The highest BCUT2D eigenvalue weighted by atomic mass is 35.5. The van der Waals surface area contributed by atoms with Gasteiger partial charge in [-0.3, -0.25) is 4.79 Å². The van der Waals surface area contributed by atoms with Crippen molar-refractivity contribution >= 4 is 34.2 Å². The molecule has 2 heterocycles. The maximum Gasteiger partial charge on any atom is 0.227 e. The van der Waals surface area contributed by atoms with Crippen LogP contribution in [0.5, 0.6) is 0 Å². The minimum absolute atomic E-state index is 0.0973. The van der Waals surface area contributed by atoms with Gasteiger partial charge in [0, 0.05) is 36.1 Å². The van der Waals surface area contributed by atoms with E-state index >= 15 is 0 Å². The first-order valence-electron chi connectivity index (χ1n) is 9.60. The Bertz CT molecular complexity index is 994. The first-order chi connectivity index (χ1) is 13.1. The minimum atomic E-state index is 0.0973. The van der Waals surface area contributed by atoms with E-state index in [1.54, 1.807) is 0 Å². The van der Waals surface area contributed by atoms with E-state index in [1.165, 1.54) is 0 Å². The molecular formula is C22H24ClN3O. The Morgan fingerprint density at radius 2 is 2.00 bits per heavy atom. The second-order valence-electron chi connectivity index (χ2n) is 7.25. The van der Waals surface area contributed by atoms with Crippen LogP contribution in [0, 0.1) is 6.92 Å². The van der Waals surface area contributed by atoms with E-state index in [2.05, 4.69) is 29.7 Å². The van der Waals surface area contributed by atoms with E-state index in [9.17, 15) is 4.79 Å². The number of carbonyl (C=O) groups excluding carboxylic acids is 1. The number of amides is 1. The summed E-state index contributed by atoms with van der Waals surface area (Å²) in [6.07, 6.45) is 2.72. The van der Waals surface area contributed by atoms with E-state index in [-0.39, 0.29) is 11.8 Å². The number of para-hydroxylation sites is 2. The van der Waals surface area contributed by atoms with Crippen LogP contribution in [0.25, 0.3) is 11.0 Å². The Morgan fingerprint density at radius 3 is 2.81 bits per heavy atom. The van der Waals surface area contributed by atoms with Gasteiger partial charge in [0.15, 0.2) is 0 Å². The highest BCUT2D eigenvalue weighted by Gasteiger charge is 2.35. The molecule has 1 saturated heterocycles. The number of fused-ring (bicyclic) bond motifs is 1. The van der Waals surface area contributed by atoms with Gasteiger partial charge in [0.1, 0.15) is 5.82 Å². The summed E-state index contributed by atoms with van der Waals surface area (Å²) in [6, 6.07) is 14.0. The molecule has 0 spiro atoms. The van der Waals surface area contributed by atoms with Crippen LogP contribution in [0.3, 0.4) is 0 Å². The number of anilines is 1. The Morgan fingerprint density at radius 1 is 1.19 bits per heavy atom. The van der Waals surface area contributed by atoms with Crippen molar-refractivity contribution in [1.29, 1.82) is 0 Å². The fourth-order valence-electron chi connectivity index (χ4n) is 3.96. The predicted molar refractivity (Wildman–Crippen MR) is 111 cm³/mol. The van der Waals surface area contributed by atoms with Gasteiger partial charge < -0.3 is 9.47 Å². The van der Waals surface area contributed by atoms with Gasteiger partial charge in [0.25, 0.3) is 0 Å². The van der Waals surface area contributed by atoms with Crippen LogP contribution in [-0.4, -0.2) is 22.0 Å². The highest BCUT2D eigenvalue weighted by Crippen LogP contribution is 2.36. The van der Waals surface area contributed by atoms with E-state index < -0.39 is 0 Å². The number of hydrogen-bond acceptors (Lipinski definition) is 2. The molecule has 5 heteroatoms. The zero-order valence-corrected chi connectivity index (χ0v) is 16.5. The number of unbranched alkanes of at least 4 members (excludes halogenated alkanes) is 1. The molecule has 1 amide bonds. The zero-order valence-electron chi connectivity index (χ0n) is 15.8. The second-order valence-corrected chi connectivity index (χ2v) is 7.66. The lowest BCUT2D eigenvalue weighted by Crippen LogP contribution is -2.25. The lowest BCUT2D eigenvalue weighted by atomic mass is 10.1. The largest absolute Gasteiger partial charge is 0.328 e. The molecule has 1 aliphatic heterocycles. The first-order valence-corrected chi connectivity index (χ1v) is 9.98. The van der Waals surface area contributed by atoms with Gasteiger partial charge in [0.2, 0.25) is 5.91 Å². The molecule has 0 N–H and O–H groups in total. The molecule has 1 fully saturated rings. The SMILES string of the molecule is CCCCn1c([C@@H]2CC(=O)N(c3cccc(Cl)c3C)C2)nc2ccccc21. The molecule has 0 saturated carbocycles. The van der Waals surface area contributed by atoms with Crippen LogP contribution >= 0.6 is 11.6 Å². The average molecular weight is 382 g/mol. The van der Waals surface area contributed by atoms with Crippen molar-refractivity contribution in [3.8, 4) is 0 Å². The summed E-state index contributed by atoms with van der Waals surface area (Å²) in [5, 5.41) is 0.693. The van der Waals surface area contributed by atoms with E-state index in [1.807, 2.05) is 36.1 Å². The van der Waals surface area contributed by atoms with Crippen molar-refractivity contribution in [2.75, 3.05) is 11.4 Å². The van der Waals surface area contributed by atoms with Crippen LogP contribution in [0.2, 0.25) is 5.02 Å². The quantitative estimate of drug-likeness (QED) is 0.600. The van der Waals surface area contributed by atoms with Gasteiger partial charge in [-0.2, -0.15) is 0 Å². The monoisotopic (exact) mass is 381 g/mol. The molecular weight excluding hydrogens is 358 g/mol. The van der Waals surface area contributed by atoms with Gasteiger partial charge in [-0.15, -0.1) is 0 Å². The van der Waals surface area contributed by atoms with Crippen LogP contribution in [0.4, 0.5) is 5.69 Å². The molecule has 0 aliphatic carbocycles. The van der Waals surface area contributed by atoms with Gasteiger partial charge in [-0.1, -0.05) is 43.1 Å². The maximum atomic E-state index is 12.8. The molecule has 27 heavy (non-hydrogen) atoms. The first kappa shape index (κ1) is 18.1. The highest BCUT2D eigenvalue weighted by molar-refractivity contribution is 6.31. The van der Waals surface area contributed by atoms with Crippen molar-refractivity contribution < 1.29 is 4.79 Å². The number of imidazole rings is 1. The van der Waals surface area contributed by atoms with Crippen molar-refractivity contribution in [3.63, 3.8) is 0 Å². The molecule has 2 aromatic carbocycles. The summed E-state index contributed by atoms with van der Waals surface area (Å²) in [6.45, 7) is 5.75.